The van der Waals surface area contributed by atoms with E-state index < -0.39 is 17.7 Å². The Morgan fingerprint density at radius 2 is 1.87 bits per heavy atom. The summed E-state index contributed by atoms with van der Waals surface area (Å²) in [6, 6.07) is 4.60. The van der Waals surface area contributed by atoms with Crippen molar-refractivity contribution in [3.8, 4) is 0 Å². The van der Waals surface area contributed by atoms with Crippen LogP contribution in [0.4, 0.5) is 13.2 Å². The van der Waals surface area contributed by atoms with Gasteiger partial charge in [-0.25, -0.2) is 4.79 Å². The molecule has 1 unspecified atom stereocenters. The lowest BCUT2D eigenvalue weighted by atomic mass is 9.72. The van der Waals surface area contributed by atoms with Crippen molar-refractivity contribution >= 4 is 17.8 Å². The minimum absolute atomic E-state index is 0.0836. The zero-order valence-corrected chi connectivity index (χ0v) is 17.5. The van der Waals surface area contributed by atoms with E-state index in [4.69, 9.17) is 4.74 Å². The van der Waals surface area contributed by atoms with Gasteiger partial charge in [-0.15, -0.1) is 0 Å². The standard InChI is InChI=1S/C25H27F3O3/c1-2-31-24(30)22(16-17-7-6-10-21(15-17)25(26,27)28)23(29)20-13-11-19(12-14-20)18-8-4-3-5-9-18/h3-8,10,15-16,18-20H,2,9,11-14H2,1H3/b22-16-. The summed E-state index contributed by atoms with van der Waals surface area (Å²) < 4.78 is 44.1. The third-order valence-electron chi connectivity index (χ3n) is 6.05. The zero-order chi connectivity index (χ0) is 22.4. The molecule has 1 fully saturated rings. The lowest BCUT2D eigenvalue weighted by Crippen LogP contribution is -2.29. The third kappa shape index (κ3) is 5.96. The summed E-state index contributed by atoms with van der Waals surface area (Å²) in [6.07, 6.45) is 9.30. The van der Waals surface area contributed by atoms with Crippen LogP contribution in [0.15, 0.2) is 54.1 Å². The number of halogens is 3. The van der Waals surface area contributed by atoms with Crippen LogP contribution in [0.5, 0.6) is 0 Å². The van der Waals surface area contributed by atoms with Gasteiger partial charge >= 0.3 is 12.1 Å². The van der Waals surface area contributed by atoms with Gasteiger partial charge in [-0.1, -0.05) is 36.4 Å². The molecule has 1 aromatic carbocycles. The van der Waals surface area contributed by atoms with Crippen molar-refractivity contribution in [1.82, 2.24) is 0 Å². The molecule has 0 N–H and O–H groups in total. The average molecular weight is 432 g/mol. The first-order chi connectivity index (χ1) is 14.8. The molecule has 0 amide bonds. The second-order valence-electron chi connectivity index (χ2n) is 8.09. The van der Waals surface area contributed by atoms with Crippen LogP contribution >= 0.6 is 0 Å². The van der Waals surface area contributed by atoms with Crippen LogP contribution in [-0.4, -0.2) is 18.4 Å². The Kier molecular flexibility index (Phi) is 7.52. The van der Waals surface area contributed by atoms with Crippen LogP contribution in [0, 0.1) is 17.8 Å². The average Bonchev–Trinajstić information content (AvgIpc) is 2.77. The minimum Gasteiger partial charge on any atom is -0.462 e. The van der Waals surface area contributed by atoms with Gasteiger partial charge in [-0.3, -0.25) is 4.79 Å². The first-order valence-electron chi connectivity index (χ1n) is 10.7. The quantitative estimate of drug-likeness (QED) is 0.234. The van der Waals surface area contributed by atoms with E-state index >= 15 is 0 Å². The van der Waals surface area contributed by atoms with Crippen LogP contribution in [0.3, 0.4) is 0 Å². The number of hydrogen-bond acceptors (Lipinski definition) is 3. The van der Waals surface area contributed by atoms with E-state index in [0.717, 1.165) is 31.4 Å². The van der Waals surface area contributed by atoms with Gasteiger partial charge in [0.05, 0.1) is 12.2 Å². The normalized spacial score (nSPS) is 24.1. The van der Waals surface area contributed by atoms with Gasteiger partial charge in [0.1, 0.15) is 5.57 Å². The van der Waals surface area contributed by atoms with Gasteiger partial charge in [0.2, 0.25) is 0 Å². The Morgan fingerprint density at radius 3 is 2.48 bits per heavy atom. The maximum atomic E-state index is 13.2. The maximum Gasteiger partial charge on any atom is 0.416 e. The SMILES string of the molecule is CCOC(=O)/C(=C\c1cccc(C(F)(F)F)c1)C(=O)C1CCC(C2C=CC=CC2)CC1. The van der Waals surface area contributed by atoms with Crippen molar-refractivity contribution in [3.63, 3.8) is 0 Å². The number of esters is 1. The Morgan fingerprint density at radius 1 is 1.13 bits per heavy atom. The number of rotatable bonds is 6. The maximum absolute atomic E-state index is 13.2. The highest BCUT2D eigenvalue weighted by Crippen LogP contribution is 2.38. The summed E-state index contributed by atoms with van der Waals surface area (Å²) in [5, 5.41) is 0. The number of hydrogen-bond donors (Lipinski definition) is 0. The predicted molar refractivity (Wildman–Crippen MR) is 113 cm³/mol. The van der Waals surface area contributed by atoms with Gasteiger partial charge in [0, 0.05) is 5.92 Å². The van der Waals surface area contributed by atoms with Crippen molar-refractivity contribution in [2.24, 2.45) is 17.8 Å². The number of benzene rings is 1. The molecule has 0 aromatic heterocycles. The molecule has 6 heteroatoms. The molecule has 166 valence electrons. The smallest absolute Gasteiger partial charge is 0.416 e. The summed E-state index contributed by atoms with van der Waals surface area (Å²) in [7, 11) is 0. The molecular weight excluding hydrogens is 405 g/mol. The number of allylic oxidation sites excluding steroid dienone is 4. The van der Waals surface area contributed by atoms with Crippen molar-refractivity contribution in [2.45, 2.75) is 45.2 Å². The van der Waals surface area contributed by atoms with Gasteiger partial charge in [-0.2, -0.15) is 13.2 Å². The summed E-state index contributed by atoms with van der Waals surface area (Å²) in [4.78, 5) is 25.6. The number of carbonyl (C=O) groups excluding carboxylic acids is 2. The fraction of sp³-hybridized carbons (Fsp3) is 0.440. The molecule has 3 rings (SSSR count). The third-order valence-corrected chi connectivity index (χ3v) is 6.05. The molecule has 0 saturated heterocycles. The summed E-state index contributed by atoms with van der Waals surface area (Å²) in [5.74, 6) is -0.462. The monoisotopic (exact) mass is 432 g/mol. The molecule has 0 spiro atoms. The fourth-order valence-electron chi connectivity index (χ4n) is 4.39. The van der Waals surface area contributed by atoms with E-state index in [1.54, 1.807) is 6.92 Å². The largest absolute Gasteiger partial charge is 0.462 e. The highest BCUT2D eigenvalue weighted by atomic mass is 19.4. The second-order valence-corrected chi connectivity index (χ2v) is 8.09. The molecule has 0 bridgehead atoms. The van der Waals surface area contributed by atoms with Crippen molar-refractivity contribution in [1.29, 1.82) is 0 Å². The van der Waals surface area contributed by atoms with Crippen LogP contribution in [0.25, 0.3) is 6.08 Å². The molecule has 1 atom stereocenters. The second kappa shape index (κ2) is 10.1. The molecule has 3 nitrogen and oxygen atoms in total. The van der Waals surface area contributed by atoms with Crippen LogP contribution in [0.2, 0.25) is 0 Å². The van der Waals surface area contributed by atoms with Crippen LogP contribution in [-0.2, 0) is 20.5 Å². The predicted octanol–water partition coefficient (Wildman–Crippen LogP) is 6.16. The minimum atomic E-state index is -4.50. The summed E-state index contributed by atoms with van der Waals surface area (Å²) in [6.45, 7) is 1.71. The molecule has 0 radical (unpaired) electrons. The Balaban J connectivity index is 1.77. The molecule has 0 heterocycles. The molecule has 31 heavy (non-hydrogen) atoms. The molecule has 1 saturated carbocycles. The summed E-state index contributed by atoms with van der Waals surface area (Å²) in [5.41, 5.74) is -0.851. The van der Waals surface area contributed by atoms with E-state index in [0.29, 0.717) is 24.7 Å². The van der Waals surface area contributed by atoms with E-state index in [-0.39, 0.29) is 29.4 Å². The van der Waals surface area contributed by atoms with Crippen LogP contribution in [0.1, 0.15) is 50.2 Å². The number of carbonyl (C=O) groups is 2. The Labute approximate surface area is 180 Å². The zero-order valence-electron chi connectivity index (χ0n) is 17.5. The molecular formula is C25H27F3O3. The first-order valence-corrected chi connectivity index (χ1v) is 10.7. The highest BCUT2D eigenvalue weighted by molar-refractivity contribution is 6.21. The number of Topliss-reactive ketones (excluding diaryl/α,β-unsaturated/α-hetero) is 1. The summed E-state index contributed by atoms with van der Waals surface area (Å²) >= 11 is 0. The van der Waals surface area contributed by atoms with Gasteiger partial charge < -0.3 is 4.74 Å². The number of alkyl halides is 3. The van der Waals surface area contributed by atoms with Gasteiger partial charge in [-0.05, 0) is 74.6 Å². The molecule has 1 aromatic rings. The van der Waals surface area contributed by atoms with Crippen molar-refractivity contribution in [3.05, 3.63) is 65.3 Å². The van der Waals surface area contributed by atoms with E-state index in [1.165, 1.54) is 18.2 Å². The van der Waals surface area contributed by atoms with E-state index in [1.807, 2.05) is 6.08 Å². The van der Waals surface area contributed by atoms with E-state index in [9.17, 15) is 22.8 Å². The topological polar surface area (TPSA) is 43.4 Å². The number of ether oxygens (including phenoxy) is 1. The van der Waals surface area contributed by atoms with Gasteiger partial charge in [0.25, 0.3) is 0 Å². The number of ketones is 1. The fourth-order valence-corrected chi connectivity index (χ4v) is 4.39. The lowest BCUT2D eigenvalue weighted by molar-refractivity contribution is -0.140. The first kappa shape index (κ1) is 23.0. The molecule has 2 aliphatic rings. The molecule has 2 aliphatic carbocycles. The Bertz CT molecular complexity index is 888. The van der Waals surface area contributed by atoms with Crippen molar-refractivity contribution < 1.29 is 27.5 Å². The highest BCUT2D eigenvalue weighted by Gasteiger charge is 2.34. The van der Waals surface area contributed by atoms with Crippen LogP contribution < -0.4 is 0 Å². The molecule has 0 aliphatic heterocycles. The Hall–Kier alpha value is -2.63. The van der Waals surface area contributed by atoms with Crippen molar-refractivity contribution in [2.75, 3.05) is 6.61 Å². The van der Waals surface area contributed by atoms with E-state index in [2.05, 4.69) is 18.2 Å². The lowest BCUT2D eigenvalue weighted by Gasteiger charge is -2.32. The van der Waals surface area contributed by atoms with Gasteiger partial charge in [0.15, 0.2) is 5.78 Å².